The Kier molecular flexibility index (Phi) is 4.23. The summed E-state index contributed by atoms with van der Waals surface area (Å²) in [4.78, 5) is 25.4. The third kappa shape index (κ3) is 3.03. The van der Waals surface area contributed by atoms with Crippen molar-refractivity contribution in [1.29, 1.82) is 0 Å². The standard InChI is InChI=1S/C13H7ClF2N2O3/c14-13-8(9(15)1-2-11(13)18(20)21)5-12(19)7-3-4-17-6-10(7)16/h1-4,6H,5H2. The molecule has 0 bridgehead atoms. The van der Waals surface area contributed by atoms with Crippen molar-refractivity contribution in [2.24, 2.45) is 0 Å². The highest BCUT2D eigenvalue weighted by Crippen LogP contribution is 2.30. The van der Waals surface area contributed by atoms with Gasteiger partial charge in [0.25, 0.3) is 5.69 Å². The van der Waals surface area contributed by atoms with Crippen molar-refractivity contribution in [2.45, 2.75) is 6.42 Å². The Morgan fingerprint density at radius 3 is 2.62 bits per heavy atom. The van der Waals surface area contributed by atoms with Crippen LogP contribution < -0.4 is 0 Å². The highest BCUT2D eigenvalue weighted by atomic mass is 35.5. The van der Waals surface area contributed by atoms with Crippen LogP contribution in [0.4, 0.5) is 14.5 Å². The second-order valence-electron chi connectivity index (χ2n) is 4.07. The van der Waals surface area contributed by atoms with Gasteiger partial charge in [-0.05, 0) is 12.1 Å². The molecule has 1 heterocycles. The van der Waals surface area contributed by atoms with E-state index in [1.54, 1.807) is 0 Å². The molecule has 0 radical (unpaired) electrons. The van der Waals surface area contributed by atoms with Gasteiger partial charge in [-0.15, -0.1) is 0 Å². The molecule has 5 nitrogen and oxygen atoms in total. The molecule has 0 amide bonds. The van der Waals surface area contributed by atoms with E-state index in [2.05, 4.69) is 4.98 Å². The van der Waals surface area contributed by atoms with Crippen molar-refractivity contribution >= 4 is 23.1 Å². The van der Waals surface area contributed by atoms with Crippen molar-refractivity contribution in [3.63, 3.8) is 0 Å². The van der Waals surface area contributed by atoms with Crippen molar-refractivity contribution in [3.05, 3.63) is 68.5 Å². The molecule has 0 saturated heterocycles. The van der Waals surface area contributed by atoms with Crippen molar-refractivity contribution < 1.29 is 18.5 Å². The maximum atomic E-state index is 13.7. The summed E-state index contributed by atoms with van der Waals surface area (Å²) in [5.74, 6) is -2.48. The molecule has 0 unspecified atom stereocenters. The summed E-state index contributed by atoms with van der Waals surface area (Å²) in [6.07, 6.45) is 1.47. The van der Waals surface area contributed by atoms with Crippen LogP contribution in [0.2, 0.25) is 5.02 Å². The van der Waals surface area contributed by atoms with E-state index in [4.69, 9.17) is 11.6 Å². The number of hydrogen-bond donors (Lipinski definition) is 0. The average molecular weight is 313 g/mol. The number of ketones is 1. The lowest BCUT2D eigenvalue weighted by Crippen LogP contribution is -2.09. The fourth-order valence-corrected chi connectivity index (χ4v) is 2.03. The number of carbonyl (C=O) groups excluding carboxylic acids is 1. The number of hydrogen-bond acceptors (Lipinski definition) is 4. The van der Waals surface area contributed by atoms with Gasteiger partial charge in [-0.2, -0.15) is 0 Å². The molecule has 0 aliphatic carbocycles. The summed E-state index contributed by atoms with van der Waals surface area (Å²) in [5, 5.41) is 10.3. The predicted molar refractivity (Wildman–Crippen MR) is 70.3 cm³/mol. The van der Waals surface area contributed by atoms with Crippen LogP contribution in [0, 0.1) is 21.7 Å². The summed E-state index contributed by atoms with van der Waals surface area (Å²) >= 11 is 5.74. The van der Waals surface area contributed by atoms with Crippen LogP contribution in [-0.4, -0.2) is 15.7 Å². The number of Topliss-reactive ketones (excluding diaryl/α,β-unsaturated/α-hetero) is 1. The summed E-state index contributed by atoms with van der Waals surface area (Å²) in [5.41, 5.74) is -1.14. The molecule has 1 aromatic heterocycles. The van der Waals surface area contributed by atoms with E-state index in [0.29, 0.717) is 0 Å². The SMILES string of the molecule is O=C(Cc1c(F)ccc([N+](=O)[O-])c1Cl)c1ccncc1F. The molecule has 0 saturated carbocycles. The molecule has 2 rings (SSSR count). The minimum absolute atomic E-state index is 0.285. The number of rotatable bonds is 4. The molecule has 8 heteroatoms. The van der Waals surface area contributed by atoms with E-state index in [1.165, 1.54) is 6.20 Å². The molecule has 0 spiro atoms. The van der Waals surface area contributed by atoms with Crippen LogP contribution in [-0.2, 0) is 6.42 Å². The number of nitrogens with zero attached hydrogens (tertiary/aromatic N) is 2. The molecule has 0 fully saturated rings. The first-order valence-corrected chi connectivity index (χ1v) is 6.03. The first-order valence-electron chi connectivity index (χ1n) is 5.65. The van der Waals surface area contributed by atoms with Crippen LogP contribution in [0.3, 0.4) is 0 Å². The Bertz CT molecular complexity index is 737. The highest BCUT2D eigenvalue weighted by molar-refractivity contribution is 6.33. The lowest BCUT2D eigenvalue weighted by molar-refractivity contribution is -0.384. The molecule has 1 aromatic carbocycles. The Morgan fingerprint density at radius 1 is 1.29 bits per heavy atom. The molecule has 0 aliphatic rings. The fraction of sp³-hybridized carbons (Fsp3) is 0.0769. The van der Waals surface area contributed by atoms with Gasteiger partial charge in [-0.3, -0.25) is 19.9 Å². The third-order valence-corrected chi connectivity index (χ3v) is 3.19. The smallest absolute Gasteiger partial charge is 0.288 e. The van der Waals surface area contributed by atoms with Gasteiger partial charge in [-0.25, -0.2) is 8.78 Å². The summed E-state index contributed by atoms with van der Waals surface area (Å²) in [6.45, 7) is 0. The van der Waals surface area contributed by atoms with E-state index in [0.717, 1.165) is 24.4 Å². The van der Waals surface area contributed by atoms with Gasteiger partial charge in [0.1, 0.15) is 10.8 Å². The maximum Gasteiger partial charge on any atom is 0.288 e. The number of nitro groups is 1. The zero-order valence-electron chi connectivity index (χ0n) is 10.3. The Hall–Kier alpha value is -2.41. The molecule has 0 aliphatic heterocycles. The summed E-state index contributed by atoms with van der Waals surface area (Å²) < 4.78 is 27.1. The molecular formula is C13H7ClF2N2O3. The number of aromatic nitrogens is 1. The largest absolute Gasteiger partial charge is 0.294 e. The van der Waals surface area contributed by atoms with Gasteiger partial charge in [-0.1, -0.05) is 11.6 Å². The van der Waals surface area contributed by atoms with Crippen LogP contribution in [0.1, 0.15) is 15.9 Å². The second kappa shape index (κ2) is 5.92. The lowest BCUT2D eigenvalue weighted by atomic mass is 10.0. The molecule has 2 aromatic rings. The number of benzene rings is 1. The van der Waals surface area contributed by atoms with Gasteiger partial charge in [0, 0.05) is 24.2 Å². The first kappa shape index (κ1) is 15.0. The van der Waals surface area contributed by atoms with E-state index >= 15 is 0 Å². The summed E-state index contributed by atoms with van der Waals surface area (Å²) in [6, 6.07) is 2.88. The zero-order chi connectivity index (χ0) is 15.6. The molecule has 21 heavy (non-hydrogen) atoms. The normalized spacial score (nSPS) is 10.4. The third-order valence-electron chi connectivity index (χ3n) is 2.77. The number of carbonyl (C=O) groups is 1. The van der Waals surface area contributed by atoms with Crippen LogP contribution in [0.5, 0.6) is 0 Å². The van der Waals surface area contributed by atoms with Crippen LogP contribution >= 0.6 is 11.6 Å². The summed E-state index contributed by atoms with van der Waals surface area (Å²) in [7, 11) is 0. The van der Waals surface area contributed by atoms with E-state index < -0.39 is 39.5 Å². The predicted octanol–water partition coefficient (Wildman–Crippen LogP) is 3.35. The number of pyridine rings is 1. The Morgan fingerprint density at radius 2 is 2.00 bits per heavy atom. The maximum absolute atomic E-state index is 13.7. The second-order valence-corrected chi connectivity index (χ2v) is 4.45. The van der Waals surface area contributed by atoms with Gasteiger partial charge < -0.3 is 0 Å². The fourth-order valence-electron chi connectivity index (χ4n) is 1.75. The average Bonchev–Trinajstić information content (AvgIpc) is 2.43. The topological polar surface area (TPSA) is 73.1 Å². The van der Waals surface area contributed by atoms with E-state index in [1.807, 2.05) is 0 Å². The van der Waals surface area contributed by atoms with Gasteiger partial charge in [0.15, 0.2) is 11.6 Å². The number of halogens is 3. The van der Waals surface area contributed by atoms with Gasteiger partial charge >= 0.3 is 0 Å². The van der Waals surface area contributed by atoms with Crippen molar-refractivity contribution in [3.8, 4) is 0 Å². The molecule has 0 atom stereocenters. The number of nitro benzene ring substituents is 1. The minimum Gasteiger partial charge on any atom is -0.294 e. The monoisotopic (exact) mass is 312 g/mol. The van der Waals surface area contributed by atoms with E-state index in [9.17, 15) is 23.7 Å². The van der Waals surface area contributed by atoms with Crippen molar-refractivity contribution in [2.75, 3.05) is 0 Å². The molecular weight excluding hydrogens is 306 g/mol. The molecule has 108 valence electrons. The Balaban J connectivity index is 2.40. The minimum atomic E-state index is -0.867. The molecule has 0 N–H and O–H groups in total. The van der Waals surface area contributed by atoms with Crippen LogP contribution in [0.25, 0.3) is 0 Å². The van der Waals surface area contributed by atoms with Gasteiger partial charge in [0.2, 0.25) is 0 Å². The van der Waals surface area contributed by atoms with Crippen LogP contribution in [0.15, 0.2) is 30.6 Å². The lowest BCUT2D eigenvalue weighted by Gasteiger charge is -2.06. The van der Waals surface area contributed by atoms with Crippen molar-refractivity contribution in [1.82, 2.24) is 4.98 Å². The zero-order valence-corrected chi connectivity index (χ0v) is 11.1. The first-order chi connectivity index (χ1) is 9.91. The quantitative estimate of drug-likeness (QED) is 0.493. The Labute approximate surface area is 122 Å². The van der Waals surface area contributed by atoms with Gasteiger partial charge in [0.05, 0.1) is 16.7 Å². The highest BCUT2D eigenvalue weighted by Gasteiger charge is 2.22. The van der Waals surface area contributed by atoms with E-state index in [-0.39, 0.29) is 11.1 Å².